The molecule has 0 spiro atoms. The van der Waals surface area contributed by atoms with Gasteiger partial charge >= 0.3 is 12.1 Å². The molecular weight excluding hydrogens is 552 g/mol. The summed E-state index contributed by atoms with van der Waals surface area (Å²) < 4.78 is 11.5. The molecule has 2 N–H and O–H groups in total. The van der Waals surface area contributed by atoms with Gasteiger partial charge in [-0.05, 0) is 54.8 Å². The first-order chi connectivity index (χ1) is 18.0. The fourth-order valence-electron chi connectivity index (χ4n) is 3.42. The van der Waals surface area contributed by atoms with E-state index in [1.54, 1.807) is 52.2 Å². The molecule has 38 heavy (non-hydrogen) atoms. The SMILES string of the molecule is C[C@@H](NC(=O)C[C@H](NC(=O)OCc1ccccc1)c1ccc(-c2ncc(Br)cn2)cc1)C(=O)OC(C)(C)C. The van der Waals surface area contributed by atoms with Gasteiger partial charge in [0.2, 0.25) is 5.91 Å². The topological polar surface area (TPSA) is 120 Å². The molecule has 2 atom stereocenters. The summed E-state index contributed by atoms with van der Waals surface area (Å²) in [6.45, 7) is 6.90. The molecule has 0 unspecified atom stereocenters. The minimum atomic E-state index is -0.857. The minimum Gasteiger partial charge on any atom is -0.458 e. The third-order valence-electron chi connectivity index (χ3n) is 5.22. The molecule has 1 heterocycles. The van der Waals surface area contributed by atoms with Gasteiger partial charge in [0.1, 0.15) is 18.2 Å². The average molecular weight is 583 g/mol. The average Bonchev–Trinajstić information content (AvgIpc) is 2.87. The van der Waals surface area contributed by atoms with Crippen molar-refractivity contribution in [3.05, 3.63) is 82.6 Å². The van der Waals surface area contributed by atoms with Crippen LogP contribution < -0.4 is 10.6 Å². The van der Waals surface area contributed by atoms with Gasteiger partial charge in [0, 0.05) is 18.0 Å². The normalized spacial score (nSPS) is 12.7. The molecule has 2 aromatic carbocycles. The highest BCUT2D eigenvalue weighted by atomic mass is 79.9. The van der Waals surface area contributed by atoms with Gasteiger partial charge < -0.3 is 20.1 Å². The van der Waals surface area contributed by atoms with E-state index < -0.39 is 35.7 Å². The molecule has 0 fully saturated rings. The van der Waals surface area contributed by atoms with Crippen molar-refractivity contribution in [3.63, 3.8) is 0 Å². The van der Waals surface area contributed by atoms with Crippen LogP contribution >= 0.6 is 15.9 Å². The maximum atomic E-state index is 12.9. The lowest BCUT2D eigenvalue weighted by atomic mass is 10.0. The number of carbonyl (C=O) groups excluding carboxylic acids is 3. The van der Waals surface area contributed by atoms with Crippen molar-refractivity contribution in [2.24, 2.45) is 0 Å². The maximum absolute atomic E-state index is 12.9. The van der Waals surface area contributed by atoms with E-state index in [0.29, 0.717) is 11.4 Å². The molecule has 1 aromatic heterocycles. The number of ether oxygens (including phenoxy) is 2. The van der Waals surface area contributed by atoms with Crippen LogP contribution in [0.15, 0.2) is 71.5 Å². The third-order valence-corrected chi connectivity index (χ3v) is 5.63. The maximum Gasteiger partial charge on any atom is 0.407 e. The molecule has 0 aliphatic heterocycles. The first-order valence-electron chi connectivity index (χ1n) is 12.1. The number of carbonyl (C=O) groups is 3. The second-order valence-electron chi connectivity index (χ2n) is 9.63. The summed E-state index contributed by atoms with van der Waals surface area (Å²) in [5.41, 5.74) is 1.60. The number of aromatic nitrogens is 2. The van der Waals surface area contributed by atoms with Crippen LogP contribution in [0.5, 0.6) is 0 Å². The predicted molar refractivity (Wildman–Crippen MR) is 146 cm³/mol. The van der Waals surface area contributed by atoms with Gasteiger partial charge in [-0.25, -0.2) is 19.6 Å². The summed E-state index contributed by atoms with van der Waals surface area (Å²) in [7, 11) is 0. The highest BCUT2D eigenvalue weighted by Crippen LogP contribution is 2.22. The Morgan fingerprint density at radius 3 is 2.18 bits per heavy atom. The quantitative estimate of drug-likeness (QED) is 0.336. The Labute approximate surface area is 230 Å². The Kier molecular flexibility index (Phi) is 9.95. The monoisotopic (exact) mass is 582 g/mol. The van der Waals surface area contributed by atoms with E-state index in [0.717, 1.165) is 15.6 Å². The molecule has 0 aliphatic rings. The summed E-state index contributed by atoms with van der Waals surface area (Å²) >= 11 is 3.32. The van der Waals surface area contributed by atoms with Crippen LogP contribution in [0.1, 0.15) is 51.3 Å². The number of benzene rings is 2. The number of hydrogen-bond donors (Lipinski definition) is 2. The van der Waals surface area contributed by atoms with Crippen molar-refractivity contribution in [2.75, 3.05) is 0 Å². The van der Waals surface area contributed by atoms with Gasteiger partial charge in [0.05, 0.1) is 16.9 Å². The van der Waals surface area contributed by atoms with Crippen LogP contribution in [0.2, 0.25) is 0 Å². The van der Waals surface area contributed by atoms with Crippen molar-refractivity contribution in [3.8, 4) is 11.4 Å². The number of halogens is 1. The second-order valence-corrected chi connectivity index (χ2v) is 10.5. The first kappa shape index (κ1) is 28.8. The zero-order chi connectivity index (χ0) is 27.7. The van der Waals surface area contributed by atoms with E-state index in [1.807, 2.05) is 42.5 Å². The Morgan fingerprint density at radius 1 is 0.947 bits per heavy atom. The molecule has 0 radical (unpaired) electrons. The van der Waals surface area contributed by atoms with Crippen molar-refractivity contribution in [1.82, 2.24) is 20.6 Å². The van der Waals surface area contributed by atoms with Crippen LogP contribution in [-0.4, -0.2) is 39.6 Å². The van der Waals surface area contributed by atoms with Crippen LogP contribution in [0.3, 0.4) is 0 Å². The van der Waals surface area contributed by atoms with Gasteiger partial charge in [0.15, 0.2) is 5.82 Å². The van der Waals surface area contributed by atoms with Gasteiger partial charge in [-0.3, -0.25) is 4.79 Å². The zero-order valence-corrected chi connectivity index (χ0v) is 23.3. The lowest BCUT2D eigenvalue weighted by Gasteiger charge is -2.24. The lowest BCUT2D eigenvalue weighted by molar-refractivity contribution is -0.158. The summed E-state index contributed by atoms with van der Waals surface area (Å²) in [5, 5.41) is 5.41. The first-order valence-corrected chi connectivity index (χ1v) is 12.9. The van der Waals surface area contributed by atoms with Crippen LogP contribution in [-0.2, 0) is 25.7 Å². The smallest absolute Gasteiger partial charge is 0.407 e. The van der Waals surface area contributed by atoms with Gasteiger partial charge in [-0.15, -0.1) is 0 Å². The molecule has 2 amide bonds. The molecule has 3 rings (SSSR count). The van der Waals surface area contributed by atoms with Crippen molar-refractivity contribution in [2.45, 2.75) is 58.4 Å². The number of rotatable bonds is 9. The zero-order valence-electron chi connectivity index (χ0n) is 21.7. The van der Waals surface area contributed by atoms with E-state index in [-0.39, 0.29) is 13.0 Å². The number of amides is 2. The van der Waals surface area contributed by atoms with Crippen molar-refractivity contribution < 1.29 is 23.9 Å². The van der Waals surface area contributed by atoms with Crippen molar-refractivity contribution in [1.29, 1.82) is 0 Å². The van der Waals surface area contributed by atoms with Crippen LogP contribution in [0.25, 0.3) is 11.4 Å². The van der Waals surface area contributed by atoms with E-state index in [2.05, 4.69) is 36.5 Å². The van der Waals surface area contributed by atoms with Gasteiger partial charge in [-0.2, -0.15) is 0 Å². The van der Waals surface area contributed by atoms with Gasteiger partial charge in [0.25, 0.3) is 0 Å². The Balaban J connectivity index is 1.72. The Bertz CT molecular complexity index is 1230. The number of esters is 1. The standard InChI is InChI=1S/C28H31BrN4O5/c1-18(26(35)38-28(2,3)4)32-24(34)14-23(33-27(36)37-17-19-8-6-5-7-9-19)20-10-12-21(13-11-20)25-30-15-22(29)16-31-25/h5-13,15-16,18,23H,14,17H2,1-4H3,(H,32,34)(H,33,36)/t18-,23+/m1/s1. The molecule has 10 heteroatoms. The lowest BCUT2D eigenvalue weighted by Crippen LogP contribution is -2.43. The highest BCUT2D eigenvalue weighted by molar-refractivity contribution is 9.10. The molecule has 0 saturated carbocycles. The van der Waals surface area contributed by atoms with E-state index in [4.69, 9.17) is 9.47 Å². The fraction of sp³-hybridized carbons (Fsp3) is 0.321. The van der Waals surface area contributed by atoms with E-state index >= 15 is 0 Å². The summed E-state index contributed by atoms with van der Waals surface area (Å²) in [5.74, 6) is -0.441. The fourth-order valence-corrected chi connectivity index (χ4v) is 3.62. The second kappa shape index (κ2) is 13.1. The van der Waals surface area contributed by atoms with Crippen LogP contribution in [0, 0.1) is 0 Å². The summed E-state index contributed by atoms with van der Waals surface area (Å²) in [6.07, 6.45) is 2.51. The van der Waals surface area contributed by atoms with E-state index in [1.165, 1.54) is 0 Å². The predicted octanol–water partition coefficient (Wildman–Crippen LogP) is 5.11. The van der Waals surface area contributed by atoms with E-state index in [9.17, 15) is 14.4 Å². The number of nitrogens with zero attached hydrogens (tertiary/aromatic N) is 2. The number of nitrogens with one attached hydrogen (secondary N) is 2. The number of alkyl carbamates (subject to hydrolysis) is 1. The molecule has 3 aromatic rings. The minimum absolute atomic E-state index is 0.0844. The Morgan fingerprint density at radius 2 is 1.58 bits per heavy atom. The molecule has 9 nitrogen and oxygen atoms in total. The molecule has 200 valence electrons. The summed E-state index contributed by atoms with van der Waals surface area (Å²) in [6, 6.07) is 14.9. The number of hydrogen-bond acceptors (Lipinski definition) is 7. The van der Waals surface area contributed by atoms with Gasteiger partial charge in [-0.1, -0.05) is 54.6 Å². The third kappa shape index (κ3) is 9.26. The van der Waals surface area contributed by atoms with Crippen LogP contribution in [0.4, 0.5) is 4.79 Å². The highest BCUT2D eigenvalue weighted by Gasteiger charge is 2.25. The molecule has 0 aliphatic carbocycles. The summed E-state index contributed by atoms with van der Waals surface area (Å²) in [4.78, 5) is 46.4. The van der Waals surface area contributed by atoms with Crippen molar-refractivity contribution >= 4 is 33.9 Å². The Hall–Kier alpha value is -3.79. The largest absolute Gasteiger partial charge is 0.458 e. The molecule has 0 saturated heterocycles. The molecular formula is C28H31BrN4O5. The molecule has 0 bridgehead atoms.